The van der Waals surface area contributed by atoms with Crippen LogP contribution in [-0.4, -0.2) is 27.6 Å². The molecule has 21 heavy (non-hydrogen) atoms. The van der Waals surface area contributed by atoms with Crippen LogP contribution in [0.5, 0.6) is 0 Å². The first-order chi connectivity index (χ1) is 10.4. The van der Waals surface area contributed by atoms with Gasteiger partial charge in [-0.05, 0) is 31.5 Å². The summed E-state index contributed by atoms with van der Waals surface area (Å²) in [5.41, 5.74) is 3.40. The number of para-hydroxylation sites is 1. The van der Waals surface area contributed by atoms with E-state index in [1.54, 1.807) is 0 Å². The van der Waals surface area contributed by atoms with Gasteiger partial charge in [0.25, 0.3) is 0 Å². The molecule has 1 aliphatic heterocycles. The minimum Gasteiger partial charge on any atom is -0.316 e. The second kappa shape index (κ2) is 5.30. The van der Waals surface area contributed by atoms with Crippen LogP contribution in [0.25, 0.3) is 16.6 Å². The lowest BCUT2D eigenvalue weighted by atomic mass is 9.96. The smallest absolute Gasteiger partial charge is 0.0994 e. The number of piperidine rings is 1. The van der Waals surface area contributed by atoms with E-state index in [1.165, 1.54) is 18.5 Å². The van der Waals surface area contributed by atoms with E-state index in [9.17, 15) is 0 Å². The van der Waals surface area contributed by atoms with Gasteiger partial charge in [0.15, 0.2) is 0 Å². The molecule has 0 radical (unpaired) electrons. The van der Waals surface area contributed by atoms with E-state index >= 15 is 0 Å². The van der Waals surface area contributed by atoms with E-state index in [1.807, 2.05) is 36.9 Å². The number of nitrogens with one attached hydrogen (secondary N) is 1. The standard InChI is InChI=1S/C17H18N4/c1-2-6-16-13(4-1)8-15(10-20-16)21-12-19-11-17(21)14-5-3-7-18-9-14/h1-2,4,6,8,10-12,14,18H,3,5,7,9H2. The Morgan fingerprint density at radius 1 is 1.19 bits per heavy atom. The topological polar surface area (TPSA) is 42.7 Å². The third-order valence-corrected chi connectivity index (χ3v) is 4.24. The lowest BCUT2D eigenvalue weighted by molar-refractivity contribution is 0.451. The predicted molar refractivity (Wildman–Crippen MR) is 83.7 cm³/mol. The Morgan fingerprint density at radius 2 is 2.14 bits per heavy atom. The zero-order valence-corrected chi connectivity index (χ0v) is 11.9. The van der Waals surface area contributed by atoms with Crippen molar-refractivity contribution in [3.63, 3.8) is 0 Å². The largest absolute Gasteiger partial charge is 0.316 e. The predicted octanol–water partition coefficient (Wildman–Crippen LogP) is 2.89. The summed E-state index contributed by atoms with van der Waals surface area (Å²) >= 11 is 0. The van der Waals surface area contributed by atoms with Crippen LogP contribution in [0, 0.1) is 0 Å². The molecule has 1 unspecified atom stereocenters. The number of benzene rings is 1. The molecule has 0 saturated carbocycles. The van der Waals surface area contributed by atoms with Crippen molar-refractivity contribution in [2.45, 2.75) is 18.8 Å². The maximum atomic E-state index is 4.56. The fraction of sp³-hybridized carbons (Fsp3) is 0.294. The first kappa shape index (κ1) is 12.5. The van der Waals surface area contributed by atoms with Crippen LogP contribution in [0.15, 0.2) is 49.1 Å². The normalized spacial score (nSPS) is 19.0. The van der Waals surface area contributed by atoms with E-state index < -0.39 is 0 Å². The zero-order chi connectivity index (χ0) is 14.1. The van der Waals surface area contributed by atoms with Gasteiger partial charge >= 0.3 is 0 Å². The van der Waals surface area contributed by atoms with Crippen molar-refractivity contribution in [2.24, 2.45) is 0 Å². The molecule has 106 valence electrons. The molecule has 1 aliphatic rings. The van der Waals surface area contributed by atoms with Crippen molar-refractivity contribution in [3.8, 4) is 5.69 Å². The van der Waals surface area contributed by atoms with Crippen molar-refractivity contribution in [3.05, 3.63) is 54.7 Å². The van der Waals surface area contributed by atoms with Gasteiger partial charge in [-0.3, -0.25) is 4.98 Å². The van der Waals surface area contributed by atoms with Crippen molar-refractivity contribution in [1.82, 2.24) is 19.9 Å². The maximum absolute atomic E-state index is 4.56. The number of aromatic nitrogens is 3. The van der Waals surface area contributed by atoms with Crippen LogP contribution in [-0.2, 0) is 0 Å². The summed E-state index contributed by atoms with van der Waals surface area (Å²) in [4.78, 5) is 8.92. The third-order valence-electron chi connectivity index (χ3n) is 4.24. The molecule has 1 atom stereocenters. The first-order valence-corrected chi connectivity index (χ1v) is 7.50. The Morgan fingerprint density at radius 3 is 3.05 bits per heavy atom. The molecule has 0 bridgehead atoms. The molecular formula is C17H18N4. The van der Waals surface area contributed by atoms with Gasteiger partial charge in [-0.25, -0.2) is 4.98 Å². The summed E-state index contributed by atoms with van der Waals surface area (Å²) < 4.78 is 2.18. The lowest BCUT2D eigenvalue weighted by Crippen LogP contribution is -2.29. The van der Waals surface area contributed by atoms with Crippen LogP contribution in [0.2, 0.25) is 0 Å². The summed E-state index contributed by atoms with van der Waals surface area (Å²) in [7, 11) is 0. The molecule has 1 fully saturated rings. The Kier molecular flexibility index (Phi) is 3.16. The second-order valence-corrected chi connectivity index (χ2v) is 5.62. The van der Waals surface area contributed by atoms with Crippen LogP contribution in [0.4, 0.5) is 0 Å². The molecule has 4 nitrogen and oxygen atoms in total. The van der Waals surface area contributed by atoms with Crippen LogP contribution >= 0.6 is 0 Å². The Hall–Kier alpha value is -2.20. The summed E-state index contributed by atoms with van der Waals surface area (Å²) in [6, 6.07) is 10.4. The Bertz CT molecular complexity index is 756. The van der Waals surface area contributed by atoms with Gasteiger partial charge in [0.2, 0.25) is 0 Å². The number of fused-ring (bicyclic) bond motifs is 1. The van der Waals surface area contributed by atoms with Gasteiger partial charge in [0.1, 0.15) is 0 Å². The molecule has 4 rings (SSSR count). The zero-order valence-electron chi connectivity index (χ0n) is 11.9. The van der Waals surface area contributed by atoms with Gasteiger partial charge in [-0.15, -0.1) is 0 Å². The fourth-order valence-electron chi connectivity index (χ4n) is 3.12. The molecule has 3 aromatic rings. The van der Waals surface area contributed by atoms with Gasteiger partial charge in [-0.1, -0.05) is 18.2 Å². The Labute approximate surface area is 123 Å². The highest BCUT2D eigenvalue weighted by Crippen LogP contribution is 2.26. The number of rotatable bonds is 2. The van der Waals surface area contributed by atoms with E-state index in [0.29, 0.717) is 5.92 Å². The molecule has 1 aromatic carbocycles. The first-order valence-electron chi connectivity index (χ1n) is 7.50. The summed E-state index contributed by atoms with van der Waals surface area (Å²) in [5, 5.41) is 4.64. The fourth-order valence-corrected chi connectivity index (χ4v) is 3.12. The highest BCUT2D eigenvalue weighted by molar-refractivity contribution is 5.80. The van der Waals surface area contributed by atoms with Gasteiger partial charge in [0.05, 0.1) is 23.7 Å². The minimum atomic E-state index is 0.535. The highest BCUT2D eigenvalue weighted by atomic mass is 15.1. The van der Waals surface area contributed by atoms with E-state index in [2.05, 4.69) is 32.0 Å². The quantitative estimate of drug-likeness (QED) is 0.784. The van der Waals surface area contributed by atoms with Crippen molar-refractivity contribution in [1.29, 1.82) is 0 Å². The van der Waals surface area contributed by atoms with Gasteiger partial charge in [0, 0.05) is 29.7 Å². The molecular weight excluding hydrogens is 260 g/mol. The number of pyridine rings is 1. The Balaban J connectivity index is 1.76. The SMILES string of the molecule is c1ccc2ncc(-n3cncc3C3CCCNC3)cc2c1. The summed E-state index contributed by atoms with van der Waals surface area (Å²) in [5.74, 6) is 0.535. The summed E-state index contributed by atoms with van der Waals surface area (Å²) in [6.07, 6.45) is 8.28. The monoisotopic (exact) mass is 278 g/mol. The van der Waals surface area contributed by atoms with Crippen molar-refractivity contribution in [2.75, 3.05) is 13.1 Å². The molecule has 4 heteroatoms. The average Bonchev–Trinajstić information content (AvgIpc) is 3.05. The molecule has 0 aliphatic carbocycles. The summed E-state index contributed by atoms with van der Waals surface area (Å²) in [6.45, 7) is 2.16. The van der Waals surface area contributed by atoms with E-state index in [4.69, 9.17) is 0 Å². The van der Waals surface area contributed by atoms with Gasteiger partial charge in [-0.2, -0.15) is 0 Å². The number of nitrogens with zero attached hydrogens (tertiary/aromatic N) is 3. The highest BCUT2D eigenvalue weighted by Gasteiger charge is 2.19. The number of imidazole rings is 1. The van der Waals surface area contributed by atoms with Gasteiger partial charge < -0.3 is 9.88 Å². The van der Waals surface area contributed by atoms with E-state index in [-0.39, 0.29) is 0 Å². The van der Waals surface area contributed by atoms with Crippen LogP contribution in [0.3, 0.4) is 0 Å². The minimum absolute atomic E-state index is 0.535. The third kappa shape index (κ3) is 2.32. The van der Waals surface area contributed by atoms with Crippen LogP contribution < -0.4 is 5.32 Å². The van der Waals surface area contributed by atoms with Crippen molar-refractivity contribution < 1.29 is 0 Å². The molecule has 3 heterocycles. The number of hydrogen-bond donors (Lipinski definition) is 1. The molecule has 0 spiro atoms. The molecule has 1 saturated heterocycles. The number of hydrogen-bond acceptors (Lipinski definition) is 3. The molecule has 2 aromatic heterocycles. The molecule has 1 N–H and O–H groups in total. The molecule has 0 amide bonds. The maximum Gasteiger partial charge on any atom is 0.0994 e. The van der Waals surface area contributed by atoms with E-state index in [0.717, 1.165) is 29.7 Å². The van der Waals surface area contributed by atoms with Crippen molar-refractivity contribution >= 4 is 10.9 Å². The second-order valence-electron chi connectivity index (χ2n) is 5.62. The average molecular weight is 278 g/mol. The lowest BCUT2D eigenvalue weighted by Gasteiger charge is -2.23. The van der Waals surface area contributed by atoms with Crippen LogP contribution in [0.1, 0.15) is 24.5 Å².